The molecule has 2 fully saturated rings. The number of nitrogens with one attached hydrogen (secondary N) is 2. The Balaban J connectivity index is 1.63. The molecule has 1 saturated heterocycles. The highest BCUT2D eigenvalue weighted by Crippen LogP contribution is 2.31. The molecule has 0 radical (unpaired) electrons. The Labute approximate surface area is 164 Å². The molecule has 0 bridgehead atoms. The van der Waals surface area contributed by atoms with Crippen LogP contribution in [0.1, 0.15) is 44.1 Å². The van der Waals surface area contributed by atoms with Crippen LogP contribution in [0.4, 0.5) is 0 Å². The maximum absolute atomic E-state index is 12.8. The molecule has 1 saturated carbocycles. The van der Waals surface area contributed by atoms with Crippen LogP contribution in [-0.2, 0) is 25.7 Å². The molecule has 2 aliphatic rings. The summed E-state index contributed by atoms with van der Waals surface area (Å²) in [5.41, 5.74) is 0.882. The molecular weight excluding hydrogens is 360 g/mol. The second-order valence-electron chi connectivity index (χ2n) is 7.68. The van der Waals surface area contributed by atoms with E-state index in [1.54, 1.807) is 0 Å². The number of carbonyl (C=O) groups excluding carboxylic acids is 2. The van der Waals surface area contributed by atoms with E-state index in [1.165, 1.54) is 0 Å². The smallest absolute Gasteiger partial charge is 0.329 e. The lowest BCUT2D eigenvalue weighted by Crippen LogP contribution is -2.52. The molecule has 3 N–H and O–H groups in total. The average Bonchev–Trinajstić information content (AvgIpc) is 3.26. The second kappa shape index (κ2) is 9.68. The SMILES string of the molecule is O=C(O)C1CCC(C(NC(=O)[C@@H]2CCCN2)C(=O)OCc2ccccc2)CC1. The number of ether oxygens (including phenoxy) is 1. The molecule has 28 heavy (non-hydrogen) atoms. The van der Waals surface area contributed by atoms with Crippen LogP contribution >= 0.6 is 0 Å². The normalized spacial score (nSPS) is 25.6. The summed E-state index contributed by atoms with van der Waals surface area (Å²) in [6, 6.07) is 8.38. The number of hydrogen-bond acceptors (Lipinski definition) is 5. The van der Waals surface area contributed by atoms with Gasteiger partial charge in [-0.2, -0.15) is 0 Å². The van der Waals surface area contributed by atoms with Crippen LogP contribution in [0.2, 0.25) is 0 Å². The zero-order chi connectivity index (χ0) is 19.9. The first-order valence-corrected chi connectivity index (χ1v) is 10.0. The Morgan fingerprint density at radius 3 is 2.43 bits per heavy atom. The van der Waals surface area contributed by atoms with Crippen LogP contribution < -0.4 is 10.6 Å². The summed E-state index contributed by atoms with van der Waals surface area (Å²) >= 11 is 0. The third-order valence-electron chi connectivity index (χ3n) is 5.74. The van der Waals surface area contributed by atoms with E-state index in [2.05, 4.69) is 10.6 Å². The molecule has 7 heteroatoms. The minimum Gasteiger partial charge on any atom is -0.481 e. The summed E-state index contributed by atoms with van der Waals surface area (Å²) in [7, 11) is 0. The van der Waals surface area contributed by atoms with Gasteiger partial charge >= 0.3 is 11.9 Å². The van der Waals surface area contributed by atoms with Crippen molar-refractivity contribution in [2.45, 2.75) is 57.2 Å². The number of carboxylic acids is 1. The van der Waals surface area contributed by atoms with Crippen molar-refractivity contribution in [3.8, 4) is 0 Å². The standard InChI is InChI=1S/C21H28N2O5/c24-19(17-7-4-12-22-17)23-18(15-8-10-16(11-9-15)20(25)26)21(27)28-13-14-5-2-1-3-6-14/h1-3,5-6,15-18,22H,4,7-13H2,(H,23,24)(H,25,26)/t15?,16?,17-,18?/m0/s1. The molecule has 1 unspecified atom stereocenters. The minimum absolute atomic E-state index is 0.107. The highest BCUT2D eigenvalue weighted by atomic mass is 16.5. The van der Waals surface area contributed by atoms with Crippen molar-refractivity contribution in [1.82, 2.24) is 10.6 Å². The first-order chi connectivity index (χ1) is 13.5. The van der Waals surface area contributed by atoms with Gasteiger partial charge < -0.3 is 20.5 Å². The largest absolute Gasteiger partial charge is 0.481 e. The van der Waals surface area contributed by atoms with Gasteiger partial charge in [0, 0.05) is 0 Å². The molecule has 1 amide bonds. The van der Waals surface area contributed by atoms with Gasteiger partial charge in [-0.1, -0.05) is 30.3 Å². The second-order valence-corrected chi connectivity index (χ2v) is 7.68. The summed E-state index contributed by atoms with van der Waals surface area (Å²) in [5, 5.41) is 15.2. The molecule has 152 valence electrons. The Kier molecular flexibility index (Phi) is 7.03. The van der Waals surface area contributed by atoms with E-state index in [-0.39, 0.29) is 30.4 Å². The summed E-state index contributed by atoms with van der Waals surface area (Å²) in [4.78, 5) is 36.6. The van der Waals surface area contributed by atoms with Crippen LogP contribution in [-0.4, -0.2) is 41.6 Å². The number of benzene rings is 1. The Morgan fingerprint density at radius 1 is 1.11 bits per heavy atom. The van der Waals surface area contributed by atoms with Crippen molar-refractivity contribution in [3.63, 3.8) is 0 Å². The lowest BCUT2D eigenvalue weighted by atomic mass is 9.78. The summed E-state index contributed by atoms with van der Waals surface area (Å²) in [5.74, 6) is -1.90. The van der Waals surface area contributed by atoms with Crippen LogP contribution in [0.3, 0.4) is 0 Å². The Morgan fingerprint density at radius 2 is 1.82 bits per heavy atom. The fourth-order valence-electron chi connectivity index (χ4n) is 4.05. The third kappa shape index (κ3) is 5.32. The van der Waals surface area contributed by atoms with Gasteiger partial charge in [-0.15, -0.1) is 0 Å². The monoisotopic (exact) mass is 388 g/mol. The number of esters is 1. The predicted octanol–water partition coefficient (Wildman–Crippen LogP) is 1.86. The van der Waals surface area contributed by atoms with E-state index >= 15 is 0 Å². The van der Waals surface area contributed by atoms with Crippen molar-refractivity contribution in [2.24, 2.45) is 11.8 Å². The summed E-state index contributed by atoms with van der Waals surface area (Å²) < 4.78 is 5.49. The number of hydrogen-bond donors (Lipinski definition) is 3. The van der Waals surface area contributed by atoms with Gasteiger partial charge in [0.25, 0.3) is 0 Å². The van der Waals surface area contributed by atoms with Crippen molar-refractivity contribution in [2.75, 3.05) is 6.54 Å². The van der Waals surface area contributed by atoms with Crippen molar-refractivity contribution >= 4 is 17.8 Å². The number of aliphatic carboxylic acids is 1. The van der Waals surface area contributed by atoms with E-state index in [4.69, 9.17) is 4.74 Å². The van der Waals surface area contributed by atoms with Gasteiger partial charge in [-0.05, 0) is 56.6 Å². The molecule has 3 rings (SSSR count). The number of amides is 1. The van der Waals surface area contributed by atoms with Crippen LogP contribution in [0.25, 0.3) is 0 Å². The van der Waals surface area contributed by atoms with Crippen LogP contribution in [0.5, 0.6) is 0 Å². The van der Waals surface area contributed by atoms with Crippen LogP contribution in [0, 0.1) is 11.8 Å². The maximum atomic E-state index is 12.8. The van der Waals surface area contributed by atoms with Gasteiger partial charge in [0.15, 0.2) is 0 Å². The molecule has 1 aliphatic carbocycles. The Bertz CT molecular complexity index is 679. The molecule has 1 aromatic carbocycles. The molecule has 2 atom stereocenters. The fourth-order valence-corrected chi connectivity index (χ4v) is 4.05. The van der Waals surface area contributed by atoms with Crippen LogP contribution in [0.15, 0.2) is 30.3 Å². The topological polar surface area (TPSA) is 105 Å². The minimum atomic E-state index is -0.791. The van der Waals surface area contributed by atoms with E-state index in [0.29, 0.717) is 25.7 Å². The van der Waals surface area contributed by atoms with Crippen molar-refractivity contribution < 1.29 is 24.2 Å². The Hall–Kier alpha value is -2.41. The summed E-state index contributed by atoms with van der Waals surface area (Å²) in [6.07, 6.45) is 3.88. The lowest BCUT2D eigenvalue weighted by Gasteiger charge is -2.32. The molecule has 1 aromatic rings. The van der Waals surface area contributed by atoms with E-state index in [1.807, 2.05) is 30.3 Å². The fraction of sp³-hybridized carbons (Fsp3) is 0.571. The quantitative estimate of drug-likeness (QED) is 0.616. The molecule has 0 spiro atoms. The van der Waals surface area contributed by atoms with E-state index < -0.39 is 18.0 Å². The number of rotatable bonds is 7. The summed E-state index contributed by atoms with van der Waals surface area (Å²) in [6.45, 7) is 0.948. The average molecular weight is 388 g/mol. The van der Waals surface area contributed by atoms with Gasteiger partial charge in [0.2, 0.25) is 5.91 Å². The first kappa shape index (κ1) is 20.3. The zero-order valence-corrected chi connectivity index (χ0v) is 15.9. The molecular formula is C21H28N2O5. The van der Waals surface area contributed by atoms with Gasteiger partial charge in [-0.25, -0.2) is 4.79 Å². The highest BCUT2D eigenvalue weighted by Gasteiger charge is 2.37. The van der Waals surface area contributed by atoms with Gasteiger partial charge in [-0.3, -0.25) is 9.59 Å². The third-order valence-corrected chi connectivity index (χ3v) is 5.74. The highest BCUT2D eigenvalue weighted by molar-refractivity contribution is 5.88. The van der Waals surface area contributed by atoms with Crippen molar-refractivity contribution in [3.05, 3.63) is 35.9 Å². The zero-order valence-electron chi connectivity index (χ0n) is 15.9. The molecule has 0 aromatic heterocycles. The van der Waals surface area contributed by atoms with E-state index in [0.717, 1.165) is 24.9 Å². The van der Waals surface area contributed by atoms with Gasteiger partial charge in [0.05, 0.1) is 12.0 Å². The molecule has 1 heterocycles. The number of carboxylic acid groups (broad SMARTS) is 1. The first-order valence-electron chi connectivity index (χ1n) is 10.0. The lowest BCUT2D eigenvalue weighted by molar-refractivity contribution is -0.152. The number of carbonyl (C=O) groups is 3. The molecule has 7 nitrogen and oxygen atoms in total. The maximum Gasteiger partial charge on any atom is 0.329 e. The predicted molar refractivity (Wildman–Crippen MR) is 102 cm³/mol. The van der Waals surface area contributed by atoms with Crippen molar-refractivity contribution in [1.29, 1.82) is 0 Å². The van der Waals surface area contributed by atoms with Gasteiger partial charge in [0.1, 0.15) is 12.6 Å². The molecule has 1 aliphatic heterocycles. The van der Waals surface area contributed by atoms with E-state index in [9.17, 15) is 19.5 Å².